The van der Waals surface area contributed by atoms with E-state index >= 15 is 0 Å². The zero-order valence-corrected chi connectivity index (χ0v) is 15.9. The maximum atomic E-state index is 12.4. The second-order valence-corrected chi connectivity index (χ2v) is 6.77. The van der Waals surface area contributed by atoms with E-state index in [1.807, 2.05) is 11.4 Å². The molecule has 0 aliphatic carbocycles. The minimum atomic E-state index is -0.344. The number of rotatable bonds is 6. The summed E-state index contributed by atoms with van der Waals surface area (Å²) in [6.07, 6.45) is 0.270. The standard InChI is InChI=1S/C21H18N2O4S/c1-2-19(24)27-17-6-3-5-16(13-17)23-20(25)14-8-10-15(11-9-14)22-21(26)18-7-4-12-28-18/h3-13H,2H2,1H3,(H,22,26)(H,23,25). The molecule has 142 valence electrons. The van der Waals surface area contributed by atoms with E-state index in [4.69, 9.17) is 4.74 Å². The lowest BCUT2D eigenvalue weighted by Gasteiger charge is -2.09. The van der Waals surface area contributed by atoms with Crippen LogP contribution in [-0.2, 0) is 4.79 Å². The first-order valence-electron chi connectivity index (χ1n) is 8.62. The van der Waals surface area contributed by atoms with E-state index in [2.05, 4.69) is 10.6 Å². The van der Waals surface area contributed by atoms with Gasteiger partial charge in [-0.3, -0.25) is 14.4 Å². The molecule has 0 bridgehead atoms. The van der Waals surface area contributed by atoms with Crippen LogP contribution in [0, 0.1) is 0 Å². The van der Waals surface area contributed by atoms with Gasteiger partial charge in [-0.1, -0.05) is 19.1 Å². The van der Waals surface area contributed by atoms with Gasteiger partial charge >= 0.3 is 5.97 Å². The number of ether oxygens (including phenoxy) is 1. The van der Waals surface area contributed by atoms with Gasteiger partial charge in [-0.2, -0.15) is 0 Å². The van der Waals surface area contributed by atoms with Crippen molar-refractivity contribution in [2.75, 3.05) is 10.6 Å². The van der Waals surface area contributed by atoms with E-state index in [-0.39, 0.29) is 24.2 Å². The van der Waals surface area contributed by atoms with Crippen molar-refractivity contribution in [3.63, 3.8) is 0 Å². The number of nitrogens with one attached hydrogen (secondary N) is 2. The van der Waals surface area contributed by atoms with Crippen LogP contribution in [-0.4, -0.2) is 17.8 Å². The molecule has 3 aromatic rings. The molecular formula is C21H18N2O4S. The molecule has 2 aromatic carbocycles. The van der Waals surface area contributed by atoms with E-state index in [9.17, 15) is 14.4 Å². The van der Waals surface area contributed by atoms with E-state index < -0.39 is 0 Å². The minimum Gasteiger partial charge on any atom is -0.426 e. The van der Waals surface area contributed by atoms with Gasteiger partial charge in [0, 0.05) is 29.4 Å². The molecule has 6 nitrogen and oxygen atoms in total. The van der Waals surface area contributed by atoms with Crippen molar-refractivity contribution in [2.24, 2.45) is 0 Å². The van der Waals surface area contributed by atoms with Crippen molar-refractivity contribution in [1.82, 2.24) is 0 Å². The van der Waals surface area contributed by atoms with Gasteiger partial charge in [0.25, 0.3) is 11.8 Å². The third-order valence-corrected chi connectivity index (χ3v) is 4.63. The van der Waals surface area contributed by atoms with Crippen LogP contribution in [0.2, 0.25) is 0 Å². The van der Waals surface area contributed by atoms with E-state index in [0.717, 1.165) is 0 Å². The highest BCUT2D eigenvalue weighted by Crippen LogP contribution is 2.19. The highest BCUT2D eigenvalue weighted by Gasteiger charge is 2.10. The zero-order chi connectivity index (χ0) is 19.9. The molecule has 0 aliphatic rings. The summed E-state index contributed by atoms with van der Waals surface area (Å²) < 4.78 is 5.15. The first-order valence-corrected chi connectivity index (χ1v) is 9.50. The highest BCUT2D eigenvalue weighted by atomic mass is 32.1. The minimum absolute atomic E-state index is 0.189. The summed E-state index contributed by atoms with van der Waals surface area (Å²) in [5.41, 5.74) is 1.55. The zero-order valence-electron chi connectivity index (χ0n) is 15.1. The molecule has 1 aromatic heterocycles. The lowest BCUT2D eigenvalue weighted by atomic mass is 10.2. The molecule has 0 fully saturated rings. The molecule has 3 rings (SSSR count). The Morgan fingerprint density at radius 1 is 0.893 bits per heavy atom. The number of amides is 2. The van der Waals surface area contributed by atoms with Crippen molar-refractivity contribution >= 4 is 40.5 Å². The summed E-state index contributed by atoms with van der Waals surface area (Å²) in [6.45, 7) is 1.71. The normalized spacial score (nSPS) is 10.2. The van der Waals surface area contributed by atoms with Crippen molar-refractivity contribution in [3.8, 4) is 5.75 Å². The van der Waals surface area contributed by atoms with Crippen molar-refractivity contribution in [3.05, 3.63) is 76.5 Å². The molecule has 0 spiro atoms. The third kappa shape index (κ3) is 5.05. The fourth-order valence-corrected chi connectivity index (χ4v) is 2.97. The number of anilines is 2. The molecule has 0 saturated heterocycles. The summed E-state index contributed by atoms with van der Waals surface area (Å²) >= 11 is 1.36. The van der Waals surface area contributed by atoms with E-state index in [0.29, 0.717) is 27.6 Å². The third-order valence-electron chi connectivity index (χ3n) is 3.76. The van der Waals surface area contributed by atoms with Gasteiger partial charge in [0.05, 0.1) is 4.88 Å². The van der Waals surface area contributed by atoms with Crippen LogP contribution in [0.25, 0.3) is 0 Å². The lowest BCUT2D eigenvalue weighted by Crippen LogP contribution is -2.13. The van der Waals surface area contributed by atoms with Crippen LogP contribution < -0.4 is 15.4 Å². The first-order chi connectivity index (χ1) is 13.5. The second kappa shape index (κ2) is 8.96. The van der Waals surface area contributed by atoms with Gasteiger partial charge in [0.15, 0.2) is 0 Å². The van der Waals surface area contributed by atoms with Crippen molar-refractivity contribution in [2.45, 2.75) is 13.3 Å². The molecule has 7 heteroatoms. The molecular weight excluding hydrogens is 376 g/mol. The Balaban J connectivity index is 1.62. The van der Waals surface area contributed by atoms with Crippen LogP contribution in [0.4, 0.5) is 11.4 Å². The lowest BCUT2D eigenvalue weighted by molar-refractivity contribution is -0.134. The molecule has 28 heavy (non-hydrogen) atoms. The van der Waals surface area contributed by atoms with Crippen molar-refractivity contribution in [1.29, 1.82) is 0 Å². The van der Waals surface area contributed by atoms with Crippen LogP contribution in [0.15, 0.2) is 66.0 Å². The summed E-state index contributed by atoms with van der Waals surface area (Å²) in [7, 11) is 0. The topological polar surface area (TPSA) is 84.5 Å². The van der Waals surface area contributed by atoms with Gasteiger partial charge in [0.2, 0.25) is 0 Å². The molecule has 0 radical (unpaired) electrons. The largest absolute Gasteiger partial charge is 0.426 e. The Kier molecular flexibility index (Phi) is 6.18. The molecule has 0 atom stereocenters. The Labute approximate surface area is 166 Å². The molecule has 0 unspecified atom stereocenters. The Bertz CT molecular complexity index is 982. The van der Waals surface area contributed by atoms with Crippen LogP contribution in [0.3, 0.4) is 0 Å². The Morgan fingerprint density at radius 3 is 2.32 bits per heavy atom. The molecule has 2 amide bonds. The van der Waals surface area contributed by atoms with Crippen LogP contribution >= 0.6 is 11.3 Å². The summed E-state index contributed by atoms with van der Waals surface area (Å²) in [6, 6.07) is 16.8. The fraction of sp³-hybridized carbons (Fsp3) is 0.0952. The number of thiophene rings is 1. The first kappa shape index (κ1) is 19.3. The summed E-state index contributed by atoms with van der Waals surface area (Å²) in [5.74, 6) is -0.472. The number of carbonyl (C=O) groups is 3. The second-order valence-electron chi connectivity index (χ2n) is 5.82. The predicted molar refractivity (Wildman–Crippen MR) is 109 cm³/mol. The maximum Gasteiger partial charge on any atom is 0.310 e. The molecule has 0 aliphatic heterocycles. The average Bonchev–Trinajstić information content (AvgIpc) is 3.23. The number of esters is 1. The van der Waals surface area contributed by atoms with E-state index in [1.165, 1.54) is 11.3 Å². The number of benzene rings is 2. The number of hydrogen-bond acceptors (Lipinski definition) is 5. The quantitative estimate of drug-likeness (QED) is 0.474. The van der Waals surface area contributed by atoms with Crippen LogP contribution in [0.5, 0.6) is 5.75 Å². The van der Waals surface area contributed by atoms with Gasteiger partial charge in [-0.15, -0.1) is 11.3 Å². The van der Waals surface area contributed by atoms with Gasteiger partial charge in [-0.25, -0.2) is 0 Å². The summed E-state index contributed by atoms with van der Waals surface area (Å²) in [5, 5.41) is 7.37. The monoisotopic (exact) mass is 394 g/mol. The Hall–Kier alpha value is -3.45. The van der Waals surface area contributed by atoms with Gasteiger partial charge in [0.1, 0.15) is 5.75 Å². The maximum absolute atomic E-state index is 12.4. The molecule has 1 heterocycles. The molecule has 2 N–H and O–H groups in total. The smallest absolute Gasteiger partial charge is 0.310 e. The van der Waals surface area contributed by atoms with Crippen molar-refractivity contribution < 1.29 is 19.1 Å². The Morgan fingerprint density at radius 2 is 1.64 bits per heavy atom. The fourth-order valence-electron chi connectivity index (χ4n) is 2.35. The van der Waals surface area contributed by atoms with Crippen LogP contribution in [0.1, 0.15) is 33.4 Å². The van der Waals surface area contributed by atoms with Gasteiger partial charge in [-0.05, 0) is 47.8 Å². The number of hydrogen-bond donors (Lipinski definition) is 2. The van der Waals surface area contributed by atoms with Gasteiger partial charge < -0.3 is 15.4 Å². The van der Waals surface area contributed by atoms with E-state index in [1.54, 1.807) is 61.5 Å². The highest BCUT2D eigenvalue weighted by molar-refractivity contribution is 7.12. The predicted octanol–water partition coefficient (Wildman–Crippen LogP) is 4.57. The average molecular weight is 394 g/mol. The number of carbonyl (C=O) groups excluding carboxylic acids is 3. The summed E-state index contributed by atoms with van der Waals surface area (Å²) in [4.78, 5) is 36.5. The molecule has 0 saturated carbocycles. The SMILES string of the molecule is CCC(=O)Oc1cccc(NC(=O)c2ccc(NC(=O)c3cccs3)cc2)c1.